The van der Waals surface area contributed by atoms with Crippen molar-refractivity contribution in [1.29, 1.82) is 0 Å². The zero-order chi connectivity index (χ0) is 15.6. The average molecular weight is 288 g/mol. The first-order chi connectivity index (χ1) is 10.3. The number of ketones is 1. The van der Waals surface area contributed by atoms with Crippen molar-refractivity contribution in [2.24, 2.45) is 0 Å². The fraction of sp³-hybridized carbons (Fsp3) is 0.600. The summed E-state index contributed by atoms with van der Waals surface area (Å²) in [5, 5.41) is 0. The molecule has 118 valence electrons. The monoisotopic (exact) mass is 288 g/mol. The Balaban J connectivity index is 3.22. The molecule has 0 saturated heterocycles. The van der Waals surface area contributed by atoms with Crippen LogP contribution in [-0.4, -0.2) is 5.78 Å². The van der Waals surface area contributed by atoms with E-state index in [2.05, 4.69) is 31.4 Å². The Labute approximate surface area is 131 Å². The van der Waals surface area contributed by atoms with Crippen LogP contribution < -0.4 is 0 Å². The van der Waals surface area contributed by atoms with Gasteiger partial charge in [0.1, 0.15) is 5.78 Å². The van der Waals surface area contributed by atoms with Crippen LogP contribution >= 0.6 is 0 Å². The highest BCUT2D eigenvalue weighted by Gasteiger charge is 1.99. The van der Waals surface area contributed by atoms with Crippen LogP contribution in [0.2, 0.25) is 0 Å². The van der Waals surface area contributed by atoms with E-state index in [0.29, 0.717) is 5.78 Å². The largest absolute Gasteiger partial charge is 0.300 e. The third-order valence-electron chi connectivity index (χ3n) is 3.43. The first kappa shape index (κ1) is 19.7. The lowest BCUT2D eigenvalue weighted by Crippen LogP contribution is -1.96. The van der Waals surface area contributed by atoms with Crippen LogP contribution in [0.1, 0.15) is 77.6 Å². The van der Waals surface area contributed by atoms with Gasteiger partial charge in [-0.2, -0.15) is 0 Å². The molecule has 0 spiro atoms. The molecule has 21 heavy (non-hydrogen) atoms. The van der Waals surface area contributed by atoms with E-state index in [1.54, 1.807) is 6.08 Å². The fourth-order valence-electron chi connectivity index (χ4n) is 2.23. The molecule has 0 N–H and O–H groups in total. The van der Waals surface area contributed by atoms with Gasteiger partial charge < -0.3 is 0 Å². The van der Waals surface area contributed by atoms with E-state index in [4.69, 9.17) is 0 Å². The lowest BCUT2D eigenvalue weighted by atomic mass is 10.0. The second-order valence-electron chi connectivity index (χ2n) is 5.49. The van der Waals surface area contributed by atoms with Gasteiger partial charge in [0, 0.05) is 12.8 Å². The molecular weight excluding hydrogens is 256 g/mol. The Bertz CT molecular complexity index is 343. The van der Waals surface area contributed by atoms with Gasteiger partial charge in [0.2, 0.25) is 0 Å². The van der Waals surface area contributed by atoms with Crippen LogP contribution in [0.3, 0.4) is 0 Å². The lowest BCUT2D eigenvalue weighted by molar-refractivity contribution is -0.119. The molecule has 0 heterocycles. The minimum atomic E-state index is 0.446. The van der Waals surface area contributed by atoms with E-state index in [9.17, 15) is 4.79 Å². The molecule has 0 aliphatic rings. The van der Waals surface area contributed by atoms with Crippen molar-refractivity contribution in [3.63, 3.8) is 0 Å². The number of allylic oxidation sites excluding steroid dienone is 5. The quantitative estimate of drug-likeness (QED) is 0.208. The molecule has 0 rings (SSSR count). The smallest absolute Gasteiger partial charge is 0.132 e. The zero-order valence-corrected chi connectivity index (χ0v) is 13.8. The number of hydrogen-bond donors (Lipinski definition) is 0. The molecule has 0 bridgehead atoms. The molecule has 0 unspecified atom stereocenters. The fourth-order valence-corrected chi connectivity index (χ4v) is 2.23. The van der Waals surface area contributed by atoms with Crippen molar-refractivity contribution in [1.82, 2.24) is 0 Å². The van der Waals surface area contributed by atoms with E-state index >= 15 is 0 Å². The van der Waals surface area contributed by atoms with Gasteiger partial charge in [-0.1, -0.05) is 69.9 Å². The van der Waals surface area contributed by atoms with E-state index in [-0.39, 0.29) is 0 Å². The summed E-state index contributed by atoms with van der Waals surface area (Å²) >= 11 is 0. The Kier molecular flexibility index (Phi) is 15.7. The maximum Gasteiger partial charge on any atom is 0.132 e. The van der Waals surface area contributed by atoms with Crippen LogP contribution in [0.15, 0.2) is 42.7 Å². The van der Waals surface area contributed by atoms with E-state index in [0.717, 1.165) is 32.1 Å². The molecule has 0 aromatic carbocycles. The molecule has 0 radical (unpaired) electrons. The summed E-state index contributed by atoms with van der Waals surface area (Å²) in [5.41, 5.74) is 2.71. The molecule has 1 nitrogen and oxygen atoms in total. The zero-order valence-electron chi connectivity index (χ0n) is 13.8. The molecule has 0 amide bonds. The van der Waals surface area contributed by atoms with Crippen molar-refractivity contribution in [3.05, 3.63) is 42.7 Å². The summed E-state index contributed by atoms with van der Waals surface area (Å²) < 4.78 is 0. The van der Waals surface area contributed by atoms with Gasteiger partial charge in [-0.3, -0.25) is 4.79 Å². The van der Waals surface area contributed by atoms with Gasteiger partial charge in [-0.15, -0.1) is 5.73 Å². The molecule has 0 fully saturated rings. The summed E-state index contributed by atoms with van der Waals surface area (Å²) in [4.78, 5) is 11.3. The first-order valence-corrected chi connectivity index (χ1v) is 8.50. The first-order valence-electron chi connectivity index (χ1n) is 8.50. The molecule has 0 saturated carbocycles. The van der Waals surface area contributed by atoms with Gasteiger partial charge in [-0.25, -0.2) is 0 Å². The predicted molar refractivity (Wildman–Crippen MR) is 93.5 cm³/mol. The van der Waals surface area contributed by atoms with Crippen molar-refractivity contribution >= 4 is 5.78 Å². The van der Waals surface area contributed by atoms with E-state index in [1.807, 2.05) is 12.2 Å². The Hall–Kier alpha value is -1.33. The Morgan fingerprint density at radius 3 is 2.24 bits per heavy atom. The van der Waals surface area contributed by atoms with Gasteiger partial charge in [0.25, 0.3) is 0 Å². The number of carbonyl (C=O) groups excluding carboxylic acids is 1. The number of Topliss-reactive ketones (excluding diaryl/α,β-unsaturated/α-hetero) is 1. The van der Waals surface area contributed by atoms with Crippen LogP contribution in [0, 0.1) is 0 Å². The number of hydrogen-bond acceptors (Lipinski definition) is 1. The molecule has 0 aromatic heterocycles. The summed E-state index contributed by atoms with van der Waals surface area (Å²) in [6, 6.07) is 0. The van der Waals surface area contributed by atoms with Crippen LogP contribution in [-0.2, 0) is 4.79 Å². The number of unbranched alkanes of at least 4 members (excludes halogenated alkanes) is 7. The second kappa shape index (κ2) is 16.7. The Morgan fingerprint density at radius 1 is 0.905 bits per heavy atom. The summed E-state index contributed by atoms with van der Waals surface area (Å²) in [6.07, 6.45) is 22.6. The lowest BCUT2D eigenvalue weighted by Gasteiger charge is -2.01. The molecule has 0 atom stereocenters. The highest BCUT2D eigenvalue weighted by molar-refractivity contribution is 5.78. The SMILES string of the molecule is C=C=C/C=C/C=C/CCCCCCCCCC(=O)CCC. The minimum absolute atomic E-state index is 0.446. The van der Waals surface area contributed by atoms with Gasteiger partial charge in [0.05, 0.1) is 0 Å². The molecule has 0 aliphatic heterocycles. The highest BCUT2D eigenvalue weighted by atomic mass is 16.1. The van der Waals surface area contributed by atoms with E-state index in [1.165, 1.54) is 38.5 Å². The Morgan fingerprint density at radius 2 is 1.57 bits per heavy atom. The third-order valence-corrected chi connectivity index (χ3v) is 3.43. The van der Waals surface area contributed by atoms with Gasteiger partial charge in [0.15, 0.2) is 0 Å². The molecule has 0 aliphatic carbocycles. The molecule has 1 heteroatoms. The number of rotatable bonds is 14. The second-order valence-corrected chi connectivity index (χ2v) is 5.49. The van der Waals surface area contributed by atoms with E-state index < -0.39 is 0 Å². The van der Waals surface area contributed by atoms with Crippen LogP contribution in [0.4, 0.5) is 0 Å². The molecule has 0 aromatic rings. The summed E-state index contributed by atoms with van der Waals surface area (Å²) in [7, 11) is 0. The normalized spacial score (nSPS) is 11.1. The van der Waals surface area contributed by atoms with Gasteiger partial charge in [-0.05, 0) is 31.8 Å². The predicted octanol–water partition coefficient (Wildman–Crippen LogP) is 6.32. The van der Waals surface area contributed by atoms with Crippen molar-refractivity contribution in [2.45, 2.75) is 77.6 Å². The van der Waals surface area contributed by atoms with Crippen LogP contribution in [0.25, 0.3) is 0 Å². The summed E-state index contributed by atoms with van der Waals surface area (Å²) in [6.45, 7) is 5.57. The maximum absolute atomic E-state index is 11.3. The van der Waals surface area contributed by atoms with Crippen molar-refractivity contribution in [3.8, 4) is 0 Å². The topological polar surface area (TPSA) is 17.1 Å². The van der Waals surface area contributed by atoms with Crippen LogP contribution in [0.5, 0.6) is 0 Å². The van der Waals surface area contributed by atoms with Gasteiger partial charge >= 0.3 is 0 Å². The summed E-state index contributed by atoms with van der Waals surface area (Å²) in [5.74, 6) is 0.446. The highest BCUT2D eigenvalue weighted by Crippen LogP contribution is 2.10. The van der Waals surface area contributed by atoms with Crippen molar-refractivity contribution in [2.75, 3.05) is 0 Å². The number of carbonyl (C=O) groups is 1. The minimum Gasteiger partial charge on any atom is -0.300 e. The molecular formula is C20H32O. The third kappa shape index (κ3) is 16.6. The average Bonchev–Trinajstić information content (AvgIpc) is 2.48. The maximum atomic E-state index is 11.3. The van der Waals surface area contributed by atoms with Crippen molar-refractivity contribution < 1.29 is 4.79 Å². The standard InChI is InChI=1S/C20H32O/c1-3-5-6-7-8-9-10-11-12-13-14-15-16-17-19-20(21)18-4-2/h5-9H,1,4,10-19H2,2H3/b7-6+,9-8+.